The number of anilines is 1. The SMILES string of the molecule is CSc1ccc2nc(NC(=O)COc3ccc(Cl)cc3Cl)sc2c1. The number of thioether (sulfide) groups is 1. The van der Waals surface area contributed by atoms with Crippen LogP contribution in [0.4, 0.5) is 5.13 Å². The second kappa shape index (κ2) is 7.61. The van der Waals surface area contributed by atoms with Gasteiger partial charge >= 0.3 is 0 Å². The van der Waals surface area contributed by atoms with E-state index in [1.807, 2.05) is 18.4 Å². The number of amides is 1. The first kappa shape index (κ1) is 17.4. The minimum atomic E-state index is -0.301. The fourth-order valence-corrected chi connectivity index (χ4v) is 3.88. The van der Waals surface area contributed by atoms with Gasteiger partial charge in [-0.25, -0.2) is 4.98 Å². The second-order valence-electron chi connectivity index (χ2n) is 4.76. The molecule has 0 unspecified atom stereocenters. The fraction of sp³-hybridized carbons (Fsp3) is 0.125. The van der Waals surface area contributed by atoms with Crippen LogP contribution in [0.15, 0.2) is 41.3 Å². The molecule has 1 heterocycles. The topological polar surface area (TPSA) is 51.2 Å². The van der Waals surface area contributed by atoms with E-state index in [9.17, 15) is 4.79 Å². The maximum Gasteiger partial charge on any atom is 0.264 e. The Balaban J connectivity index is 1.64. The van der Waals surface area contributed by atoms with E-state index >= 15 is 0 Å². The summed E-state index contributed by atoms with van der Waals surface area (Å²) in [5.74, 6) is 0.107. The van der Waals surface area contributed by atoms with Gasteiger partial charge in [0.05, 0.1) is 15.2 Å². The van der Waals surface area contributed by atoms with E-state index in [1.165, 1.54) is 11.3 Å². The fourth-order valence-electron chi connectivity index (χ4n) is 1.98. The molecular weight excluding hydrogens is 387 g/mol. The molecule has 8 heteroatoms. The minimum Gasteiger partial charge on any atom is -0.482 e. The normalized spacial score (nSPS) is 10.8. The van der Waals surface area contributed by atoms with Gasteiger partial charge in [0, 0.05) is 9.92 Å². The molecule has 0 bridgehead atoms. The summed E-state index contributed by atoms with van der Waals surface area (Å²) >= 11 is 14.9. The molecule has 24 heavy (non-hydrogen) atoms. The molecule has 0 saturated heterocycles. The van der Waals surface area contributed by atoms with Gasteiger partial charge < -0.3 is 4.74 Å². The lowest BCUT2D eigenvalue weighted by Gasteiger charge is -2.07. The van der Waals surface area contributed by atoms with Crippen molar-refractivity contribution in [1.29, 1.82) is 0 Å². The Morgan fingerprint density at radius 1 is 1.29 bits per heavy atom. The minimum absolute atomic E-state index is 0.159. The lowest BCUT2D eigenvalue weighted by atomic mass is 10.3. The van der Waals surface area contributed by atoms with Crippen LogP contribution in [-0.2, 0) is 4.79 Å². The van der Waals surface area contributed by atoms with Crippen LogP contribution in [0.5, 0.6) is 5.75 Å². The summed E-state index contributed by atoms with van der Waals surface area (Å²) in [5, 5.41) is 4.15. The van der Waals surface area contributed by atoms with Crippen molar-refractivity contribution in [2.75, 3.05) is 18.2 Å². The van der Waals surface area contributed by atoms with Crippen molar-refractivity contribution in [2.24, 2.45) is 0 Å². The average Bonchev–Trinajstić information content (AvgIpc) is 2.95. The van der Waals surface area contributed by atoms with E-state index in [2.05, 4.69) is 16.4 Å². The Labute approximate surface area is 157 Å². The molecule has 3 aromatic rings. The molecule has 0 spiro atoms. The molecule has 1 amide bonds. The molecule has 0 fully saturated rings. The lowest BCUT2D eigenvalue weighted by Crippen LogP contribution is -2.20. The summed E-state index contributed by atoms with van der Waals surface area (Å²) in [7, 11) is 0. The molecule has 4 nitrogen and oxygen atoms in total. The van der Waals surface area contributed by atoms with E-state index in [1.54, 1.807) is 30.0 Å². The predicted octanol–water partition coefficient (Wildman–Crippen LogP) is 5.34. The molecule has 0 aliphatic rings. The summed E-state index contributed by atoms with van der Waals surface area (Å²) in [6, 6.07) is 10.8. The monoisotopic (exact) mass is 398 g/mol. The molecular formula is C16H12Cl2N2O2S2. The highest BCUT2D eigenvalue weighted by molar-refractivity contribution is 7.98. The zero-order valence-electron chi connectivity index (χ0n) is 12.5. The average molecular weight is 399 g/mol. The van der Waals surface area contributed by atoms with Crippen LogP contribution in [0.3, 0.4) is 0 Å². The standard InChI is InChI=1S/C16H12Cl2N2O2S2/c1-23-10-3-4-12-14(7-10)24-16(19-12)20-15(21)8-22-13-5-2-9(17)6-11(13)18/h2-7H,8H2,1H3,(H,19,20,21). The molecule has 0 atom stereocenters. The van der Waals surface area contributed by atoms with E-state index in [0.717, 1.165) is 15.1 Å². The number of benzene rings is 2. The molecule has 1 aromatic heterocycles. The van der Waals surface area contributed by atoms with Crippen LogP contribution in [-0.4, -0.2) is 23.8 Å². The Bertz CT molecular complexity index is 899. The van der Waals surface area contributed by atoms with E-state index in [0.29, 0.717) is 20.9 Å². The van der Waals surface area contributed by atoms with Crippen molar-refractivity contribution >= 4 is 67.6 Å². The number of halogens is 2. The first-order chi connectivity index (χ1) is 11.5. The van der Waals surface area contributed by atoms with Gasteiger partial charge in [0.15, 0.2) is 11.7 Å². The summed E-state index contributed by atoms with van der Waals surface area (Å²) in [4.78, 5) is 17.6. The van der Waals surface area contributed by atoms with Crippen molar-refractivity contribution in [3.63, 3.8) is 0 Å². The molecule has 0 radical (unpaired) electrons. The smallest absolute Gasteiger partial charge is 0.264 e. The number of nitrogens with one attached hydrogen (secondary N) is 1. The number of nitrogens with zero attached hydrogens (tertiary/aromatic N) is 1. The van der Waals surface area contributed by atoms with Crippen molar-refractivity contribution in [3.05, 3.63) is 46.4 Å². The number of aromatic nitrogens is 1. The van der Waals surface area contributed by atoms with Crippen LogP contribution in [0.25, 0.3) is 10.2 Å². The van der Waals surface area contributed by atoms with E-state index in [4.69, 9.17) is 27.9 Å². The first-order valence-corrected chi connectivity index (χ1v) is 9.67. The third kappa shape index (κ3) is 4.13. The predicted molar refractivity (Wildman–Crippen MR) is 102 cm³/mol. The zero-order chi connectivity index (χ0) is 17.1. The highest BCUT2D eigenvalue weighted by Crippen LogP contribution is 2.30. The Morgan fingerprint density at radius 2 is 2.12 bits per heavy atom. The largest absolute Gasteiger partial charge is 0.482 e. The molecule has 3 rings (SSSR count). The van der Waals surface area contributed by atoms with E-state index in [-0.39, 0.29) is 12.5 Å². The number of rotatable bonds is 5. The molecule has 124 valence electrons. The quantitative estimate of drug-likeness (QED) is 0.589. The van der Waals surface area contributed by atoms with Crippen LogP contribution in [0.1, 0.15) is 0 Å². The Kier molecular flexibility index (Phi) is 5.50. The van der Waals surface area contributed by atoms with Gasteiger partial charge in [-0.15, -0.1) is 11.8 Å². The molecule has 2 aromatic carbocycles. The van der Waals surface area contributed by atoms with E-state index < -0.39 is 0 Å². The van der Waals surface area contributed by atoms with Crippen LogP contribution in [0.2, 0.25) is 10.0 Å². The summed E-state index contributed by atoms with van der Waals surface area (Å²) in [6.45, 7) is -0.159. The van der Waals surface area contributed by atoms with Crippen molar-refractivity contribution in [2.45, 2.75) is 4.90 Å². The van der Waals surface area contributed by atoms with Gasteiger partial charge in [-0.05, 0) is 42.7 Å². The van der Waals surface area contributed by atoms with Gasteiger partial charge in [0.2, 0.25) is 0 Å². The Morgan fingerprint density at radius 3 is 2.88 bits per heavy atom. The van der Waals surface area contributed by atoms with Gasteiger partial charge in [-0.1, -0.05) is 34.5 Å². The number of hydrogen-bond acceptors (Lipinski definition) is 5. The number of carbonyl (C=O) groups excluding carboxylic acids is 1. The summed E-state index contributed by atoms with van der Waals surface area (Å²) < 4.78 is 6.43. The molecule has 0 aliphatic carbocycles. The first-order valence-electron chi connectivity index (χ1n) is 6.87. The summed E-state index contributed by atoms with van der Waals surface area (Å²) in [6.07, 6.45) is 2.02. The summed E-state index contributed by atoms with van der Waals surface area (Å²) in [5.41, 5.74) is 0.856. The zero-order valence-corrected chi connectivity index (χ0v) is 15.7. The maximum absolute atomic E-state index is 12.0. The number of hydrogen-bond donors (Lipinski definition) is 1. The van der Waals surface area contributed by atoms with Crippen molar-refractivity contribution < 1.29 is 9.53 Å². The molecule has 0 aliphatic heterocycles. The van der Waals surface area contributed by atoms with Crippen LogP contribution >= 0.6 is 46.3 Å². The van der Waals surface area contributed by atoms with Crippen LogP contribution in [0, 0.1) is 0 Å². The van der Waals surface area contributed by atoms with Crippen molar-refractivity contribution in [1.82, 2.24) is 4.98 Å². The number of carbonyl (C=O) groups is 1. The molecule has 0 saturated carbocycles. The van der Waals surface area contributed by atoms with Gasteiger partial charge in [-0.2, -0.15) is 0 Å². The number of thiazole rings is 1. The molecule has 1 N–H and O–H groups in total. The van der Waals surface area contributed by atoms with Gasteiger partial charge in [0.25, 0.3) is 5.91 Å². The third-order valence-corrected chi connectivity index (χ3v) is 5.28. The third-order valence-electron chi connectivity index (χ3n) is 3.09. The number of fused-ring (bicyclic) bond motifs is 1. The second-order valence-corrected chi connectivity index (χ2v) is 7.52. The Hall–Kier alpha value is -1.47. The van der Waals surface area contributed by atoms with Gasteiger partial charge in [-0.3, -0.25) is 10.1 Å². The van der Waals surface area contributed by atoms with Crippen LogP contribution < -0.4 is 10.1 Å². The van der Waals surface area contributed by atoms with Crippen molar-refractivity contribution in [3.8, 4) is 5.75 Å². The maximum atomic E-state index is 12.0. The highest BCUT2D eigenvalue weighted by atomic mass is 35.5. The van der Waals surface area contributed by atoms with Gasteiger partial charge in [0.1, 0.15) is 5.75 Å². The highest BCUT2D eigenvalue weighted by Gasteiger charge is 2.10. The number of ether oxygens (including phenoxy) is 1. The lowest BCUT2D eigenvalue weighted by molar-refractivity contribution is -0.118.